The summed E-state index contributed by atoms with van der Waals surface area (Å²) in [6, 6.07) is 4.91. The lowest BCUT2D eigenvalue weighted by Crippen LogP contribution is -2.62. The maximum atomic E-state index is 14.5. The molecule has 1 aliphatic heterocycles. The Hall–Kier alpha value is -4.68. The number of rotatable bonds is 14. The van der Waals surface area contributed by atoms with Gasteiger partial charge in [0.05, 0.1) is 18.3 Å². The van der Waals surface area contributed by atoms with Crippen LogP contribution in [0.3, 0.4) is 0 Å². The summed E-state index contributed by atoms with van der Waals surface area (Å²) in [6.07, 6.45) is 7.43. The van der Waals surface area contributed by atoms with Crippen LogP contribution in [0.1, 0.15) is 103 Å². The Labute approximate surface area is 300 Å². The molecule has 4 rings (SSSR count). The standard InChI is InChI=1S/C38H53N7O6/c1-8-13-27(31(46)36(50)41-23(4)24-14-10-9-11-15-24)42-35(49)30-26-17-12-16-25(26)21-45(30)37(51)32(38(5,6)7)44-34(48)29(22(2)3)43-33(47)28-20-39-18-19-40-28/h9-11,14-15,18-20,22-23,25-27,29-30,32H,8,12-13,16-17,21H2,1-7H3,(H,41,50)(H,42,49)(H,43,47)(H,44,48)/t23-,25-,26-,27?,29+,30-,32?/m0/s1. The fourth-order valence-electron chi connectivity index (χ4n) is 7.15. The molecule has 0 radical (unpaired) electrons. The number of benzene rings is 1. The number of hydrogen-bond acceptors (Lipinski definition) is 8. The summed E-state index contributed by atoms with van der Waals surface area (Å²) in [5.74, 6) is -3.90. The third-order valence-corrected chi connectivity index (χ3v) is 9.95. The molecular weight excluding hydrogens is 650 g/mol. The molecule has 276 valence electrons. The monoisotopic (exact) mass is 703 g/mol. The van der Waals surface area contributed by atoms with Crippen LogP contribution in [0.15, 0.2) is 48.9 Å². The SMILES string of the molecule is CCCC(NC(=O)[C@@H]1[C@H]2CCC[C@H]2CN1C(=O)C(NC(=O)[C@H](NC(=O)c1cnccn1)C(C)C)C(C)(C)C)C(=O)C(=O)N[C@@H](C)c1ccccc1. The van der Waals surface area contributed by atoms with Crippen molar-refractivity contribution in [3.05, 3.63) is 60.2 Å². The van der Waals surface area contributed by atoms with Crippen molar-refractivity contribution < 1.29 is 28.8 Å². The van der Waals surface area contributed by atoms with Crippen LogP contribution < -0.4 is 21.3 Å². The summed E-state index contributed by atoms with van der Waals surface area (Å²) >= 11 is 0. The number of amides is 5. The summed E-state index contributed by atoms with van der Waals surface area (Å²) in [7, 11) is 0. The van der Waals surface area contributed by atoms with Gasteiger partial charge in [-0.25, -0.2) is 4.98 Å². The molecule has 2 aromatic rings. The molecule has 0 spiro atoms. The summed E-state index contributed by atoms with van der Waals surface area (Å²) < 4.78 is 0. The molecule has 1 aromatic heterocycles. The highest BCUT2D eigenvalue weighted by molar-refractivity contribution is 6.38. The second-order valence-corrected chi connectivity index (χ2v) is 15.2. The lowest BCUT2D eigenvalue weighted by molar-refractivity contribution is -0.146. The van der Waals surface area contributed by atoms with Gasteiger partial charge in [-0.1, -0.05) is 84.7 Å². The molecule has 1 aromatic carbocycles. The predicted octanol–water partition coefficient (Wildman–Crippen LogP) is 3.12. The summed E-state index contributed by atoms with van der Waals surface area (Å²) in [6.45, 7) is 13.0. The number of nitrogens with one attached hydrogen (secondary N) is 4. The molecule has 2 heterocycles. The Bertz CT molecular complexity index is 1560. The molecule has 2 aliphatic rings. The number of hydrogen-bond donors (Lipinski definition) is 4. The minimum absolute atomic E-state index is 0.0555. The van der Waals surface area contributed by atoms with Crippen molar-refractivity contribution in [2.45, 2.75) is 111 Å². The molecule has 2 fully saturated rings. The first kappa shape index (κ1) is 39.1. The second-order valence-electron chi connectivity index (χ2n) is 15.2. The summed E-state index contributed by atoms with van der Waals surface area (Å²) in [5.41, 5.74) is 0.131. The number of carbonyl (C=O) groups excluding carboxylic acids is 6. The number of fused-ring (bicyclic) bond motifs is 1. The van der Waals surface area contributed by atoms with E-state index in [4.69, 9.17) is 0 Å². The van der Waals surface area contributed by atoms with E-state index in [0.717, 1.165) is 24.8 Å². The van der Waals surface area contributed by atoms with Gasteiger partial charge in [-0.05, 0) is 54.9 Å². The molecule has 13 nitrogen and oxygen atoms in total. The third-order valence-electron chi connectivity index (χ3n) is 9.95. The van der Waals surface area contributed by atoms with Crippen LogP contribution in [0.4, 0.5) is 0 Å². The first-order chi connectivity index (χ1) is 24.1. The maximum absolute atomic E-state index is 14.5. The highest BCUT2D eigenvalue weighted by Crippen LogP contribution is 2.43. The highest BCUT2D eigenvalue weighted by Gasteiger charge is 2.52. The quantitative estimate of drug-likeness (QED) is 0.217. The molecule has 4 N–H and O–H groups in total. The van der Waals surface area contributed by atoms with Gasteiger partial charge in [0.2, 0.25) is 23.5 Å². The van der Waals surface area contributed by atoms with Crippen molar-refractivity contribution in [2.75, 3.05) is 6.54 Å². The molecule has 5 amide bonds. The van der Waals surface area contributed by atoms with Gasteiger partial charge in [-0.2, -0.15) is 0 Å². The van der Waals surface area contributed by atoms with Crippen molar-refractivity contribution in [2.24, 2.45) is 23.2 Å². The van der Waals surface area contributed by atoms with Crippen LogP contribution in [-0.4, -0.2) is 80.9 Å². The Balaban J connectivity index is 1.52. The van der Waals surface area contributed by atoms with Crippen molar-refractivity contribution in [3.8, 4) is 0 Å². The number of carbonyl (C=O) groups is 6. The number of Topliss-reactive ketones (excluding diaryl/α,β-unsaturated/α-hetero) is 1. The van der Waals surface area contributed by atoms with Crippen LogP contribution in [0.5, 0.6) is 0 Å². The van der Waals surface area contributed by atoms with Gasteiger partial charge in [0.15, 0.2) is 0 Å². The largest absolute Gasteiger partial charge is 0.344 e. The second kappa shape index (κ2) is 17.0. The van der Waals surface area contributed by atoms with E-state index < -0.39 is 70.9 Å². The normalized spacial score (nSPS) is 20.8. The number of nitrogens with zero attached hydrogens (tertiary/aromatic N) is 3. The Morgan fingerprint density at radius 1 is 0.922 bits per heavy atom. The zero-order valence-electron chi connectivity index (χ0n) is 30.8. The van der Waals surface area contributed by atoms with E-state index in [1.54, 1.807) is 25.7 Å². The average molecular weight is 704 g/mol. The Kier molecular flexibility index (Phi) is 13.1. The lowest BCUT2D eigenvalue weighted by Gasteiger charge is -2.37. The van der Waals surface area contributed by atoms with Crippen LogP contribution in [0.2, 0.25) is 0 Å². The molecule has 13 heteroatoms. The molecule has 1 saturated heterocycles. The predicted molar refractivity (Wildman–Crippen MR) is 191 cm³/mol. The van der Waals surface area contributed by atoms with E-state index in [0.29, 0.717) is 13.0 Å². The molecule has 1 saturated carbocycles. The van der Waals surface area contributed by atoms with E-state index in [1.165, 1.54) is 18.6 Å². The fraction of sp³-hybridized carbons (Fsp3) is 0.579. The molecule has 0 bridgehead atoms. The van der Waals surface area contributed by atoms with Crippen molar-refractivity contribution >= 4 is 35.3 Å². The van der Waals surface area contributed by atoms with Crippen molar-refractivity contribution in [1.29, 1.82) is 0 Å². The topological polar surface area (TPSA) is 180 Å². The molecular formula is C38H53N7O6. The molecule has 1 aliphatic carbocycles. The van der Waals surface area contributed by atoms with Gasteiger partial charge in [-0.15, -0.1) is 0 Å². The summed E-state index contributed by atoms with van der Waals surface area (Å²) in [5, 5.41) is 11.2. The minimum Gasteiger partial charge on any atom is -0.344 e. The highest BCUT2D eigenvalue weighted by atomic mass is 16.2. The van der Waals surface area contributed by atoms with Crippen LogP contribution in [0, 0.1) is 23.2 Å². The van der Waals surface area contributed by atoms with Gasteiger partial charge in [0.25, 0.3) is 11.8 Å². The van der Waals surface area contributed by atoms with Crippen LogP contribution >= 0.6 is 0 Å². The van der Waals surface area contributed by atoms with E-state index >= 15 is 0 Å². The zero-order valence-corrected chi connectivity index (χ0v) is 30.8. The average Bonchev–Trinajstić information content (AvgIpc) is 3.70. The van der Waals surface area contributed by atoms with Gasteiger partial charge in [-0.3, -0.25) is 33.8 Å². The Morgan fingerprint density at radius 3 is 2.24 bits per heavy atom. The first-order valence-corrected chi connectivity index (χ1v) is 18.0. The summed E-state index contributed by atoms with van der Waals surface area (Å²) in [4.78, 5) is 91.4. The number of likely N-dealkylation sites (tertiary alicyclic amines) is 1. The maximum Gasteiger partial charge on any atom is 0.290 e. The van der Waals surface area contributed by atoms with Gasteiger partial charge in [0.1, 0.15) is 23.8 Å². The van der Waals surface area contributed by atoms with Crippen LogP contribution in [0.25, 0.3) is 0 Å². The lowest BCUT2D eigenvalue weighted by atomic mass is 9.85. The van der Waals surface area contributed by atoms with E-state index in [-0.39, 0.29) is 29.9 Å². The molecule has 51 heavy (non-hydrogen) atoms. The Morgan fingerprint density at radius 2 is 1.63 bits per heavy atom. The molecule has 2 unspecified atom stereocenters. The fourth-order valence-corrected chi connectivity index (χ4v) is 7.15. The van der Waals surface area contributed by atoms with Crippen LogP contribution in [-0.2, 0) is 24.0 Å². The smallest absolute Gasteiger partial charge is 0.290 e. The van der Waals surface area contributed by atoms with Gasteiger partial charge >= 0.3 is 0 Å². The minimum atomic E-state index is -1.06. The number of aromatic nitrogens is 2. The van der Waals surface area contributed by atoms with E-state index in [2.05, 4.69) is 31.2 Å². The van der Waals surface area contributed by atoms with Gasteiger partial charge < -0.3 is 26.2 Å². The van der Waals surface area contributed by atoms with E-state index in [1.807, 2.05) is 58.0 Å². The zero-order chi connectivity index (χ0) is 37.5. The first-order valence-electron chi connectivity index (χ1n) is 18.0. The van der Waals surface area contributed by atoms with Crippen molar-refractivity contribution in [3.63, 3.8) is 0 Å². The third kappa shape index (κ3) is 9.56. The van der Waals surface area contributed by atoms with Crippen molar-refractivity contribution in [1.82, 2.24) is 36.1 Å². The van der Waals surface area contributed by atoms with E-state index in [9.17, 15) is 28.8 Å². The number of ketones is 1. The molecule has 7 atom stereocenters. The van der Waals surface area contributed by atoms with Gasteiger partial charge in [0, 0.05) is 18.9 Å².